The maximum atomic E-state index is 13.3. The number of esters is 1. The Morgan fingerprint density at radius 3 is 2.49 bits per heavy atom. The molecule has 5 heterocycles. The van der Waals surface area contributed by atoms with Crippen molar-refractivity contribution in [2.75, 3.05) is 38.0 Å². The van der Waals surface area contributed by atoms with Crippen LogP contribution in [0, 0.1) is 33.8 Å². The van der Waals surface area contributed by atoms with E-state index in [2.05, 4.69) is 12.2 Å². The molecule has 2 amide bonds. The van der Waals surface area contributed by atoms with E-state index in [0.717, 1.165) is 25.3 Å². The molecule has 1 spiro atoms. The van der Waals surface area contributed by atoms with E-state index in [4.69, 9.17) is 24.0 Å². The molecule has 6 fully saturated rings. The van der Waals surface area contributed by atoms with Crippen molar-refractivity contribution in [3.8, 4) is 0 Å². The summed E-state index contributed by atoms with van der Waals surface area (Å²) < 4.78 is 58.2. The van der Waals surface area contributed by atoms with Gasteiger partial charge in [0, 0.05) is 62.6 Å². The average molecular weight is 699 g/mol. The van der Waals surface area contributed by atoms with Crippen LogP contribution in [0.3, 0.4) is 0 Å². The number of halogens is 3. The van der Waals surface area contributed by atoms with Crippen LogP contribution in [0.15, 0.2) is 18.2 Å². The van der Waals surface area contributed by atoms with Gasteiger partial charge in [0.25, 0.3) is 5.69 Å². The van der Waals surface area contributed by atoms with E-state index in [1.54, 1.807) is 9.80 Å². The summed E-state index contributed by atoms with van der Waals surface area (Å²) in [5.74, 6) is -2.03. The standard InChI is InChI=1S/C32H41F3N4O10/c1-18-4-6-22-19(2)28(46-29-31(22)21(18)10-11-30(3,47-29)48-49-31)45-27(42)9-8-26(41)38-14-12-37(13-15-38)17-25(40)36-20-5-7-24(39(43)44)23(16-20)32(33,34)35/h5,7,16,18-19,21-22,28-29H,4,6,8-15,17H2,1-3H3,(H,36,40)/t18-,19-,21?,22+,28-,29-,30?,31?/m1/s1. The zero-order chi connectivity index (χ0) is 35.3. The molecule has 270 valence electrons. The lowest BCUT2D eigenvalue weighted by atomic mass is 9.58. The summed E-state index contributed by atoms with van der Waals surface area (Å²) in [6, 6.07) is 2.26. The number of nitrogens with zero attached hydrogens (tertiary/aromatic N) is 3. The van der Waals surface area contributed by atoms with E-state index in [1.165, 1.54) is 0 Å². The Balaban J connectivity index is 0.961. The highest BCUT2D eigenvalue weighted by atomic mass is 19.4. The number of carbonyl (C=O) groups is 3. The fraction of sp³-hybridized carbons (Fsp3) is 0.719. The average Bonchev–Trinajstić information content (AvgIpc) is 3.27. The molecule has 7 rings (SSSR count). The van der Waals surface area contributed by atoms with Crippen LogP contribution in [0.4, 0.5) is 24.5 Å². The van der Waals surface area contributed by atoms with Gasteiger partial charge in [-0.2, -0.15) is 13.2 Å². The number of alkyl halides is 3. The smallest absolute Gasteiger partial charge is 0.423 e. The number of hydrogen-bond acceptors (Lipinski definition) is 11. The van der Waals surface area contributed by atoms with E-state index in [9.17, 15) is 37.7 Å². The minimum Gasteiger partial charge on any atom is -0.435 e. The van der Waals surface area contributed by atoms with Gasteiger partial charge >= 0.3 is 12.1 Å². The number of amides is 2. The fourth-order valence-electron chi connectivity index (χ4n) is 8.12. The van der Waals surface area contributed by atoms with Crippen molar-refractivity contribution < 1.29 is 56.5 Å². The second-order valence-electron chi connectivity index (χ2n) is 14.0. The van der Waals surface area contributed by atoms with Gasteiger partial charge < -0.3 is 24.4 Å². The highest BCUT2D eigenvalue weighted by Gasteiger charge is 2.69. The summed E-state index contributed by atoms with van der Waals surface area (Å²) in [7, 11) is 0. The summed E-state index contributed by atoms with van der Waals surface area (Å²) in [6.07, 6.45) is -3.44. The zero-order valence-corrected chi connectivity index (χ0v) is 27.5. The summed E-state index contributed by atoms with van der Waals surface area (Å²) in [6.45, 7) is 7.04. The summed E-state index contributed by atoms with van der Waals surface area (Å²) in [4.78, 5) is 63.5. The lowest BCUT2D eigenvalue weighted by molar-refractivity contribution is -0.576. The Morgan fingerprint density at radius 2 is 1.80 bits per heavy atom. The normalized spacial score (nSPS) is 34.4. The van der Waals surface area contributed by atoms with Crippen LogP contribution in [0.2, 0.25) is 0 Å². The first kappa shape index (κ1) is 35.4. The lowest BCUT2D eigenvalue weighted by Gasteiger charge is -2.59. The number of nitro groups is 1. The Kier molecular flexibility index (Phi) is 9.69. The number of ether oxygens (including phenoxy) is 3. The van der Waals surface area contributed by atoms with Gasteiger partial charge in [-0.15, -0.1) is 0 Å². The van der Waals surface area contributed by atoms with Crippen LogP contribution in [0.25, 0.3) is 0 Å². The molecule has 17 heteroatoms. The minimum atomic E-state index is -4.97. The number of nitrogens with one attached hydrogen (secondary N) is 1. The Labute approximate surface area is 280 Å². The van der Waals surface area contributed by atoms with Crippen LogP contribution in [0.1, 0.15) is 64.9 Å². The van der Waals surface area contributed by atoms with Crippen molar-refractivity contribution in [2.45, 2.75) is 89.4 Å². The summed E-state index contributed by atoms with van der Waals surface area (Å²) >= 11 is 0. The maximum absolute atomic E-state index is 13.3. The number of rotatable bonds is 8. The molecule has 49 heavy (non-hydrogen) atoms. The molecule has 1 saturated carbocycles. The van der Waals surface area contributed by atoms with Crippen molar-refractivity contribution in [1.29, 1.82) is 0 Å². The van der Waals surface area contributed by atoms with Gasteiger partial charge in [0.15, 0.2) is 11.9 Å². The van der Waals surface area contributed by atoms with E-state index in [0.29, 0.717) is 37.6 Å². The number of fused-ring (bicyclic) bond motifs is 2. The molecule has 1 N–H and O–H groups in total. The van der Waals surface area contributed by atoms with Gasteiger partial charge in [0.2, 0.25) is 23.9 Å². The molecule has 1 aromatic carbocycles. The van der Waals surface area contributed by atoms with Crippen LogP contribution in [-0.4, -0.2) is 89.2 Å². The van der Waals surface area contributed by atoms with Crippen molar-refractivity contribution in [3.63, 3.8) is 0 Å². The molecule has 8 atom stereocenters. The summed E-state index contributed by atoms with van der Waals surface area (Å²) in [5.41, 5.74) is -3.57. The largest absolute Gasteiger partial charge is 0.435 e. The topological polar surface area (TPSA) is 159 Å². The third-order valence-electron chi connectivity index (χ3n) is 10.8. The Morgan fingerprint density at radius 1 is 1.06 bits per heavy atom. The molecule has 0 aromatic heterocycles. The highest BCUT2D eigenvalue weighted by Crippen LogP contribution is 2.60. The predicted octanol–water partition coefficient (Wildman–Crippen LogP) is 4.23. The third-order valence-corrected chi connectivity index (χ3v) is 10.8. The first-order valence-electron chi connectivity index (χ1n) is 16.6. The van der Waals surface area contributed by atoms with Gasteiger partial charge in [0.1, 0.15) is 5.56 Å². The van der Waals surface area contributed by atoms with Crippen molar-refractivity contribution >= 4 is 29.2 Å². The second kappa shape index (κ2) is 13.4. The molecule has 1 aliphatic carbocycles. The van der Waals surface area contributed by atoms with Gasteiger partial charge in [-0.3, -0.25) is 29.4 Å². The number of piperazine rings is 1. The van der Waals surface area contributed by atoms with Crippen molar-refractivity contribution in [3.05, 3.63) is 33.9 Å². The van der Waals surface area contributed by atoms with E-state index >= 15 is 0 Å². The fourth-order valence-corrected chi connectivity index (χ4v) is 8.12. The summed E-state index contributed by atoms with van der Waals surface area (Å²) in [5, 5.41) is 13.3. The Bertz CT molecular complexity index is 1470. The molecule has 5 aliphatic heterocycles. The van der Waals surface area contributed by atoms with Crippen LogP contribution in [0.5, 0.6) is 0 Å². The maximum Gasteiger partial charge on any atom is 0.423 e. The Hall–Kier alpha value is -3.38. The predicted molar refractivity (Wildman–Crippen MR) is 162 cm³/mol. The van der Waals surface area contributed by atoms with Crippen LogP contribution in [-0.2, 0) is 44.5 Å². The zero-order valence-electron chi connectivity index (χ0n) is 27.5. The molecule has 2 bridgehead atoms. The van der Waals surface area contributed by atoms with E-state index in [1.807, 2.05) is 13.8 Å². The quantitative estimate of drug-likeness (QED) is 0.179. The number of carbonyl (C=O) groups excluding carboxylic acids is 3. The molecular weight excluding hydrogens is 657 g/mol. The van der Waals surface area contributed by atoms with E-state index in [-0.39, 0.29) is 61.8 Å². The second-order valence-corrected chi connectivity index (χ2v) is 14.0. The van der Waals surface area contributed by atoms with Gasteiger partial charge in [-0.25, -0.2) is 9.78 Å². The van der Waals surface area contributed by atoms with Crippen LogP contribution >= 0.6 is 0 Å². The first-order valence-corrected chi connectivity index (χ1v) is 16.6. The molecule has 1 aromatic rings. The number of anilines is 1. The first-order chi connectivity index (χ1) is 23.1. The third kappa shape index (κ3) is 7.00. The lowest BCUT2D eigenvalue weighted by Crippen LogP contribution is -2.70. The monoisotopic (exact) mass is 698 g/mol. The molecular formula is C32H41F3N4O10. The van der Waals surface area contributed by atoms with Gasteiger partial charge in [-0.05, 0) is 50.2 Å². The molecule has 0 radical (unpaired) electrons. The van der Waals surface area contributed by atoms with Gasteiger partial charge in [0.05, 0.1) is 17.9 Å². The minimum absolute atomic E-state index is 0.0144. The highest BCUT2D eigenvalue weighted by molar-refractivity contribution is 5.92. The molecule has 5 saturated heterocycles. The van der Waals surface area contributed by atoms with Crippen LogP contribution < -0.4 is 5.32 Å². The molecule has 3 unspecified atom stereocenters. The SMILES string of the molecule is C[C@H]1[C@H](OC(=O)CCC(=O)N2CCN(CC(=O)Nc3ccc([N+](=O)[O-])c(C(F)(F)F)c3)CC2)O[C@@H]2OC3(C)CCC4[C@H](C)CC[C@@H]1C42OO3. The van der Waals surface area contributed by atoms with Crippen molar-refractivity contribution in [1.82, 2.24) is 9.80 Å². The van der Waals surface area contributed by atoms with Gasteiger partial charge in [-0.1, -0.05) is 13.8 Å². The number of nitro benzene ring substituents is 1. The number of benzene rings is 1. The molecule has 14 nitrogen and oxygen atoms in total. The van der Waals surface area contributed by atoms with Crippen molar-refractivity contribution in [2.24, 2.45) is 23.7 Å². The molecule has 6 aliphatic rings. The number of hydrogen-bond donors (Lipinski definition) is 1. The van der Waals surface area contributed by atoms with E-state index < -0.39 is 58.2 Å².